The minimum absolute atomic E-state index is 0. The van der Waals surface area contributed by atoms with Crippen molar-refractivity contribution >= 4 is 13.3 Å². The Morgan fingerprint density at radius 3 is 1.53 bits per heavy atom. The molecule has 1 atom stereocenters. The van der Waals surface area contributed by atoms with E-state index in [2.05, 4.69) is 77.2 Å². The van der Waals surface area contributed by atoms with Crippen LogP contribution in [-0.2, 0) is 20.4 Å². The molecule has 1 unspecified atom stereocenters. The maximum Gasteiger partial charge on any atom is -1.00 e. The summed E-state index contributed by atoms with van der Waals surface area (Å²) in [6, 6.07) is 13.0. The van der Waals surface area contributed by atoms with Crippen molar-refractivity contribution in [1.29, 1.82) is 0 Å². The first-order chi connectivity index (χ1) is 17.1. The van der Waals surface area contributed by atoms with Gasteiger partial charge in [-0.1, -0.05) is 58.3 Å². The number of allylic oxidation sites excluding steroid dienone is 4. The molecule has 5 heteroatoms. The van der Waals surface area contributed by atoms with E-state index in [0.717, 1.165) is 0 Å². The van der Waals surface area contributed by atoms with Crippen LogP contribution in [0.5, 0.6) is 0 Å². The summed E-state index contributed by atoms with van der Waals surface area (Å²) in [6.07, 6.45) is 29.5. The minimum Gasteiger partial charge on any atom is -1.00 e. The molecule has 0 spiro atoms. The zero-order chi connectivity index (χ0) is 25.2. The van der Waals surface area contributed by atoms with Gasteiger partial charge < -0.3 is 37.2 Å². The van der Waals surface area contributed by atoms with Crippen molar-refractivity contribution in [3.8, 4) is 0 Å². The van der Waals surface area contributed by atoms with Gasteiger partial charge in [0.25, 0.3) is 0 Å². The van der Waals surface area contributed by atoms with Crippen LogP contribution in [-0.4, -0.2) is 8.07 Å². The largest absolute Gasteiger partial charge is 1.00 e. The molecular formula is C33H55Cl3SiTi. The number of hydrogen-bond acceptors (Lipinski definition) is 0. The molecule has 1 aliphatic carbocycles. The molecule has 0 amide bonds. The predicted molar refractivity (Wildman–Crippen MR) is 157 cm³/mol. The summed E-state index contributed by atoms with van der Waals surface area (Å²) in [5.74, 6) is 0. The monoisotopic (exact) mass is 632 g/mol. The molecule has 1 aromatic rings. The van der Waals surface area contributed by atoms with Gasteiger partial charge in [-0.3, -0.25) is 0 Å². The topological polar surface area (TPSA) is 0 Å². The Morgan fingerprint density at radius 2 is 1.08 bits per heavy atom. The number of unbranched alkanes of at least 4 members (excludes halogenated alkanes) is 15. The quantitative estimate of drug-likeness (QED) is 0.143. The summed E-state index contributed by atoms with van der Waals surface area (Å²) in [6.45, 7) is 7.31. The third-order valence-corrected chi connectivity index (χ3v) is 14.0. The fraction of sp³-hybridized carbons (Fsp3) is 0.697. The normalized spacial score (nSPS) is 14.3. The first-order valence-electron chi connectivity index (χ1n) is 15.3. The fourth-order valence-corrected chi connectivity index (χ4v) is 12.2. The second-order valence-electron chi connectivity index (χ2n) is 11.3. The summed E-state index contributed by atoms with van der Waals surface area (Å²) in [5.41, 5.74) is 1.69. The molecule has 2 rings (SSSR count). The molecule has 0 fully saturated rings. The Hall–Kier alpha value is 0.501. The van der Waals surface area contributed by atoms with Gasteiger partial charge in [0.15, 0.2) is 0 Å². The summed E-state index contributed by atoms with van der Waals surface area (Å²) in [7, 11) is -1.65. The van der Waals surface area contributed by atoms with Crippen molar-refractivity contribution in [2.24, 2.45) is 0 Å². The maximum absolute atomic E-state index is 2.67. The van der Waals surface area contributed by atoms with Crippen LogP contribution in [0.3, 0.4) is 0 Å². The van der Waals surface area contributed by atoms with Crippen molar-refractivity contribution < 1.29 is 57.7 Å². The molecule has 0 aromatic heterocycles. The molecule has 1 aliphatic rings. The van der Waals surface area contributed by atoms with Gasteiger partial charge in [-0.15, -0.1) is 0 Å². The van der Waals surface area contributed by atoms with Gasteiger partial charge in [0, 0.05) is 0 Å². The Balaban J connectivity index is 0. The van der Waals surface area contributed by atoms with E-state index >= 15 is 0 Å². The Bertz CT molecular complexity index is 750. The molecular weight excluding hydrogens is 579 g/mol. The number of hydrogen-bond donors (Lipinski definition) is 0. The first-order valence-corrected chi connectivity index (χ1v) is 18.8. The van der Waals surface area contributed by atoms with E-state index in [9.17, 15) is 0 Å². The van der Waals surface area contributed by atoms with E-state index in [1.165, 1.54) is 128 Å². The van der Waals surface area contributed by atoms with Crippen LogP contribution in [0.25, 0.3) is 0 Å². The van der Waals surface area contributed by atoms with Crippen molar-refractivity contribution in [2.45, 2.75) is 148 Å². The van der Waals surface area contributed by atoms with Crippen molar-refractivity contribution in [2.75, 3.05) is 0 Å². The Kier molecular flexibility index (Phi) is 27.0. The van der Waals surface area contributed by atoms with E-state index in [0.29, 0.717) is 0 Å². The molecule has 0 aliphatic heterocycles. The smallest absolute Gasteiger partial charge is 1.00 e. The third-order valence-electron chi connectivity index (χ3n) is 8.19. The van der Waals surface area contributed by atoms with E-state index in [1.54, 1.807) is 14.6 Å². The minimum atomic E-state index is -1.65. The van der Waals surface area contributed by atoms with E-state index in [1.807, 2.05) is 5.20 Å². The summed E-state index contributed by atoms with van der Waals surface area (Å²) >= 11 is 2.41. The van der Waals surface area contributed by atoms with Crippen LogP contribution in [0.2, 0.25) is 12.6 Å². The van der Waals surface area contributed by atoms with Gasteiger partial charge in [-0.2, -0.15) is 0 Å². The fourth-order valence-electron chi connectivity index (χ4n) is 6.05. The Labute approximate surface area is 268 Å². The number of benzene rings is 1. The molecule has 0 nitrogen and oxygen atoms in total. The van der Waals surface area contributed by atoms with E-state index in [-0.39, 0.29) is 37.2 Å². The van der Waals surface area contributed by atoms with Crippen LogP contribution in [0, 0.1) is 0 Å². The second-order valence-corrected chi connectivity index (χ2v) is 16.5. The molecule has 38 heavy (non-hydrogen) atoms. The SMILES string of the molecule is CCCCCCCCCCCCCCCCCC[Si](C)(C1=[C]([Ti+3])CC=C1CCC)c1ccccc1.[Cl-].[Cl-].[Cl-]. The molecule has 0 saturated carbocycles. The molecule has 0 radical (unpaired) electrons. The summed E-state index contributed by atoms with van der Waals surface area (Å²) < 4.78 is 1.67. The van der Waals surface area contributed by atoms with Crippen molar-refractivity contribution in [1.82, 2.24) is 0 Å². The standard InChI is InChI=1S/C33H55Si.3ClH.Ti/c1-4-6-7-8-9-10-11-12-13-14-15-16-17-18-19-23-30-34(3,32-27-21-20-22-28-32)33-29-24-26-31(33)25-5-2;;;;/h20-22,26-28H,4-19,23-25,30H2,1-3H3;3*1H;/q;;;;+3/p-3. The summed E-state index contributed by atoms with van der Waals surface area (Å²) in [4.78, 5) is 0. The van der Waals surface area contributed by atoms with E-state index in [4.69, 9.17) is 0 Å². The zero-order valence-corrected chi connectivity index (χ0v) is 29.6. The van der Waals surface area contributed by atoms with Gasteiger partial charge in [-0.05, 0) is 0 Å². The average Bonchev–Trinajstić information content (AvgIpc) is 3.25. The third kappa shape index (κ3) is 14.9. The predicted octanol–water partition coefficient (Wildman–Crippen LogP) is 1.72. The number of halogens is 3. The average molecular weight is 634 g/mol. The summed E-state index contributed by atoms with van der Waals surface area (Å²) in [5, 5.41) is 3.46. The number of rotatable bonds is 21. The van der Waals surface area contributed by atoms with Crippen molar-refractivity contribution in [3.05, 3.63) is 51.1 Å². The van der Waals surface area contributed by atoms with Gasteiger partial charge >= 0.3 is 175 Å². The van der Waals surface area contributed by atoms with Crippen LogP contribution in [0.1, 0.15) is 136 Å². The molecule has 0 bridgehead atoms. The van der Waals surface area contributed by atoms with Gasteiger partial charge in [0.1, 0.15) is 0 Å². The maximum atomic E-state index is 2.67. The van der Waals surface area contributed by atoms with Gasteiger partial charge in [0.2, 0.25) is 0 Å². The van der Waals surface area contributed by atoms with Crippen LogP contribution in [0.4, 0.5) is 0 Å². The molecule has 216 valence electrons. The molecule has 0 heterocycles. The van der Waals surface area contributed by atoms with Crippen LogP contribution >= 0.6 is 0 Å². The second kappa shape index (κ2) is 25.2. The van der Waals surface area contributed by atoms with Crippen LogP contribution in [0.15, 0.2) is 51.1 Å². The molecule has 0 saturated heterocycles. The van der Waals surface area contributed by atoms with E-state index < -0.39 is 8.07 Å². The van der Waals surface area contributed by atoms with Crippen molar-refractivity contribution in [3.63, 3.8) is 0 Å². The first kappa shape index (κ1) is 40.6. The molecule has 0 N–H and O–H groups in total. The van der Waals surface area contributed by atoms with Gasteiger partial charge in [-0.25, -0.2) is 0 Å². The zero-order valence-electron chi connectivity index (χ0n) is 24.7. The van der Waals surface area contributed by atoms with Gasteiger partial charge in [0.05, 0.1) is 0 Å². The van der Waals surface area contributed by atoms with Crippen LogP contribution < -0.4 is 42.4 Å². The Morgan fingerprint density at radius 1 is 0.632 bits per heavy atom. The molecule has 1 aromatic carbocycles.